The summed E-state index contributed by atoms with van der Waals surface area (Å²) in [6.45, 7) is 5.16. The number of halogens is 2. The average molecular weight is 428 g/mol. The van der Waals surface area contributed by atoms with Crippen LogP contribution >= 0.6 is 0 Å². The fraction of sp³-hybridized carbons (Fsp3) is 0.593. The number of pyridine rings is 1. The van der Waals surface area contributed by atoms with E-state index in [2.05, 4.69) is 11.9 Å². The number of benzene rings is 1. The summed E-state index contributed by atoms with van der Waals surface area (Å²) in [5, 5.41) is 0. The van der Waals surface area contributed by atoms with Crippen LogP contribution in [0.2, 0.25) is 0 Å². The van der Waals surface area contributed by atoms with Crippen LogP contribution in [0.3, 0.4) is 0 Å². The van der Waals surface area contributed by atoms with Crippen LogP contribution in [0.15, 0.2) is 30.5 Å². The van der Waals surface area contributed by atoms with Crippen molar-refractivity contribution < 1.29 is 13.5 Å². The van der Waals surface area contributed by atoms with Gasteiger partial charge in [0.2, 0.25) is 0 Å². The van der Waals surface area contributed by atoms with Crippen LogP contribution in [-0.4, -0.2) is 17.7 Å². The summed E-state index contributed by atoms with van der Waals surface area (Å²) >= 11 is 0. The monoisotopic (exact) mass is 427 g/mol. The minimum atomic E-state index is -0.747. The summed E-state index contributed by atoms with van der Waals surface area (Å²) in [5.41, 5.74) is 2.40. The van der Waals surface area contributed by atoms with Crippen molar-refractivity contribution in [2.24, 2.45) is 11.8 Å². The zero-order valence-electron chi connectivity index (χ0n) is 18.9. The normalized spacial score (nSPS) is 26.7. The molecule has 2 heterocycles. The van der Waals surface area contributed by atoms with Gasteiger partial charge in [-0.1, -0.05) is 38.5 Å². The summed E-state index contributed by atoms with van der Waals surface area (Å²) in [4.78, 5) is 4.32. The minimum absolute atomic E-state index is 0.0943. The minimum Gasteiger partial charge on any atom is -0.378 e. The molecular formula is C27H35F2NO. The Morgan fingerprint density at radius 2 is 1.74 bits per heavy atom. The molecule has 2 unspecified atom stereocenters. The molecule has 0 spiro atoms. The number of aryl methyl sites for hydroxylation is 1. The Labute approximate surface area is 185 Å². The van der Waals surface area contributed by atoms with Crippen LogP contribution in [0, 0.1) is 23.5 Å². The van der Waals surface area contributed by atoms with Gasteiger partial charge in [0, 0.05) is 29.6 Å². The number of rotatable bonds is 6. The number of ether oxygens (including phenoxy) is 1. The molecule has 0 amide bonds. The van der Waals surface area contributed by atoms with Crippen molar-refractivity contribution in [3.8, 4) is 11.1 Å². The molecule has 0 bridgehead atoms. The molecule has 1 aromatic carbocycles. The van der Waals surface area contributed by atoms with Crippen molar-refractivity contribution in [2.75, 3.05) is 6.61 Å². The zero-order valence-corrected chi connectivity index (χ0v) is 18.9. The van der Waals surface area contributed by atoms with Crippen LogP contribution in [0.1, 0.15) is 82.4 Å². The van der Waals surface area contributed by atoms with E-state index < -0.39 is 11.6 Å². The van der Waals surface area contributed by atoms with Crippen molar-refractivity contribution >= 4 is 0 Å². The fourth-order valence-electron chi connectivity index (χ4n) is 5.53. The first kappa shape index (κ1) is 22.4. The number of hydrogen-bond acceptors (Lipinski definition) is 2. The van der Waals surface area contributed by atoms with Crippen molar-refractivity contribution in [2.45, 2.75) is 83.7 Å². The smallest absolute Gasteiger partial charge is 0.166 e. The van der Waals surface area contributed by atoms with E-state index in [-0.39, 0.29) is 5.92 Å². The summed E-state index contributed by atoms with van der Waals surface area (Å²) in [5.74, 6) is -0.0485. The largest absolute Gasteiger partial charge is 0.378 e. The second kappa shape index (κ2) is 10.2. The number of nitrogens with zero attached hydrogens (tertiary/aromatic N) is 1. The molecule has 0 radical (unpaired) electrons. The second-order valence-electron chi connectivity index (χ2n) is 9.44. The Morgan fingerprint density at radius 3 is 2.35 bits per heavy atom. The molecule has 1 saturated heterocycles. The van der Waals surface area contributed by atoms with Crippen LogP contribution in [-0.2, 0) is 11.2 Å². The molecule has 2 aliphatic rings. The summed E-state index contributed by atoms with van der Waals surface area (Å²) in [6.07, 6.45) is 11.6. The molecule has 4 heteroatoms. The van der Waals surface area contributed by atoms with E-state index >= 15 is 4.39 Å². The van der Waals surface area contributed by atoms with E-state index in [4.69, 9.17) is 4.74 Å². The molecule has 2 atom stereocenters. The lowest BCUT2D eigenvalue weighted by Crippen LogP contribution is -2.34. The molecule has 2 nitrogen and oxygen atoms in total. The molecule has 2 aromatic rings. The molecule has 31 heavy (non-hydrogen) atoms. The van der Waals surface area contributed by atoms with E-state index in [9.17, 15) is 4.39 Å². The van der Waals surface area contributed by atoms with Gasteiger partial charge in [-0.2, -0.15) is 0 Å². The highest BCUT2D eigenvalue weighted by Crippen LogP contribution is 2.42. The van der Waals surface area contributed by atoms with Gasteiger partial charge in [-0.25, -0.2) is 8.78 Å². The summed E-state index contributed by atoms with van der Waals surface area (Å²) in [7, 11) is 0. The van der Waals surface area contributed by atoms with Crippen molar-refractivity contribution in [1.29, 1.82) is 0 Å². The third-order valence-corrected chi connectivity index (χ3v) is 7.45. The van der Waals surface area contributed by atoms with Gasteiger partial charge in [-0.05, 0) is 80.8 Å². The Balaban J connectivity index is 1.39. The van der Waals surface area contributed by atoms with Crippen LogP contribution in [0.25, 0.3) is 11.1 Å². The highest BCUT2D eigenvalue weighted by atomic mass is 19.2. The summed E-state index contributed by atoms with van der Waals surface area (Å²) in [6, 6.07) is 7.21. The van der Waals surface area contributed by atoms with Crippen molar-refractivity contribution in [3.05, 3.63) is 53.4 Å². The van der Waals surface area contributed by atoms with Crippen LogP contribution in [0.4, 0.5) is 8.78 Å². The van der Waals surface area contributed by atoms with Gasteiger partial charge in [-0.3, -0.25) is 4.98 Å². The molecular weight excluding hydrogens is 392 g/mol. The quantitative estimate of drug-likeness (QED) is 0.477. The van der Waals surface area contributed by atoms with E-state index in [0.717, 1.165) is 56.7 Å². The first-order chi connectivity index (χ1) is 15.1. The molecule has 168 valence electrons. The van der Waals surface area contributed by atoms with Crippen molar-refractivity contribution in [1.82, 2.24) is 4.98 Å². The maximum atomic E-state index is 15.0. The first-order valence-corrected chi connectivity index (χ1v) is 12.1. The highest BCUT2D eigenvalue weighted by molar-refractivity contribution is 5.64. The topological polar surface area (TPSA) is 22.1 Å². The van der Waals surface area contributed by atoms with Crippen LogP contribution in [0.5, 0.6) is 0 Å². The Kier molecular flexibility index (Phi) is 7.37. The van der Waals surface area contributed by atoms with Gasteiger partial charge in [0.05, 0.1) is 6.10 Å². The van der Waals surface area contributed by atoms with E-state index in [1.165, 1.54) is 19.3 Å². The zero-order chi connectivity index (χ0) is 21.8. The highest BCUT2D eigenvalue weighted by Gasteiger charge is 2.33. The second-order valence-corrected chi connectivity index (χ2v) is 9.44. The molecule has 1 aromatic heterocycles. The van der Waals surface area contributed by atoms with E-state index in [1.54, 1.807) is 18.3 Å². The first-order valence-electron chi connectivity index (χ1n) is 12.1. The Bertz CT molecular complexity index is 850. The summed E-state index contributed by atoms with van der Waals surface area (Å²) < 4.78 is 36.2. The van der Waals surface area contributed by atoms with Gasteiger partial charge in [0.25, 0.3) is 0 Å². The molecule has 1 aliphatic carbocycles. The predicted molar refractivity (Wildman–Crippen MR) is 121 cm³/mol. The van der Waals surface area contributed by atoms with Gasteiger partial charge < -0.3 is 4.74 Å². The van der Waals surface area contributed by atoms with Gasteiger partial charge >= 0.3 is 0 Å². The lowest BCUT2D eigenvalue weighted by atomic mass is 9.74. The third-order valence-electron chi connectivity index (χ3n) is 7.45. The Morgan fingerprint density at radius 1 is 0.935 bits per heavy atom. The number of hydrogen-bond donors (Lipinski definition) is 0. The molecule has 1 aliphatic heterocycles. The van der Waals surface area contributed by atoms with E-state index in [1.807, 2.05) is 19.1 Å². The van der Waals surface area contributed by atoms with Crippen molar-refractivity contribution in [3.63, 3.8) is 0 Å². The SMILES string of the molecule is CCCC1CCC(C2CCC(c3ccc(-c4ccc(CC)nc4)c(F)c3F)CC2)OC1. The molecule has 4 rings (SSSR count). The molecule has 1 saturated carbocycles. The fourth-order valence-corrected chi connectivity index (χ4v) is 5.53. The Hall–Kier alpha value is -1.81. The predicted octanol–water partition coefficient (Wildman–Crippen LogP) is 7.46. The lowest BCUT2D eigenvalue weighted by Gasteiger charge is -2.38. The maximum Gasteiger partial charge on any atom is 0.166 e. The van der Waals surface area contributed by atoms with Gasteiger partial charge in [0.1, 0.15) is 0 Å². The van der Waals surface area contributed by atoms with Gasteiger partial charge in [-0.15, -0.1) is 0 Å². The molecule has 0 N–H and O–H groups in total. The standard InChI is InChI=1S/C27H35F2NO/c1-3-5-18-6-15-25(31-17-18)20-9-7-19(8-10-20)23-13-14-24(27(29)26(23)28)21-11-12-22(4-2)30-16-21/h11-14,16,18-20,25H,3-10,15,17H2,1-2H3. The maximum absolute atomic E-state index is 15.0. The van der Waals surface area contributed by atoms with E-state index in [0.29, 0.717) is 28.7 Å². The van der Waals surface area contributed by atoms with Crippen LogP contribution < -0.4 is 0 Å². The molecule has 2 fully saturated rings. The number of aromatic nitrogens is 1. The third kappa shape index (κ3) is 5.00. The van der Waals surface area contributed by atoms with Gasteiger partial charge in [0.15, 0.2) is 11.6 Å². The average Bonchev–Trinajstić information content (AvgIpc) is 2.82. The lowest BCUT2D eigenvalue weighted by molar-refractivity contribution is -0.0576.